The molecule has 2 rings (SSSR count). The average Bonchev–Trinajstić information content (AvgIpc) is 2.22. The summed E-state index contributed by atoms with van der Waals surface area (Å²) in [5.74, 6) is 0.881. The summed E-state index contributed by atoms with van der Waals surface area (Å²) < 4.78 is 5.64. The lowest BCUT2D eigenvalue weighted by atomic mass is 9.61. The van der Waals surface area contributed by atoms with E-state index in [2.05, 4.69) is 6.92 Å². The number of ether oxygens (including phenoxy) is 1. The third-order valence-electron chi connectivity index (χ3n) is 4.04. The first kappa shape index (κ1) is 12.8. The largest absolute Gasteiger partial charge is 0.372 e. The minimum Gasteiger partial charge on any atom is -0.372 e. The predicted molar refractivity (Wildman–Crippen MR) is 66.5 cm³/mol. The van der Waals surface area contributed by atoms with Gasteiger partial charge < -0.3 is 15.4 Å². The number of carbonyl (C=O) groups is 1. The summed E-state index contributed by atoms with van der Waals surface area (Å²) in [7, 11) is 0. The molecule has 2 N–H and O–H groups in total. The van der Waals surface area contributed by atoms with Crippen molar-refractivity contribution in [1.82, 2.24) is 4.90 Å². The minimum absolute atomic E-state index is 0.223. The first-order valence-electron chi connectivity index (χ1n) is 6.52. The van der Waals surface area contributed by atoms with Crippen LogP contribution in [0.1, 0.15) is 33.6 Å². The van der Waals surface area contributed by atoms with Gasteiger partial charge in [0.1, 0.15) is 0 Å². The molecule has 0 aromatic heterocycles. The van der Waals surface area contributed by atoms with E-state index in [-0.39, 0.29) is 16.9 Å². The number of amides is 1. The molecule has 0 aromatic rings. The molecule has 4 heteroatoms. The smallest absolute Gasteiger partial charge is 0.230 e. The zero-order valence-corrected chi connectivity index (χ0v) is 11.2. The zero-order valence-electron chi connectivity index (χ0n) is 11.2. The van der Waals surface area contributed by atoms with E-state index in [1.54, 1.807) is 0 Å². The lowest BCUT2D eigenvalue weighted by Gasteiger charge is -2.49. The first-order chi connectivity index (χ1) is 7.88. The fourth-order valence-electron chi connectivity index (χ4n) is 3.23. The molecule has 4 nitrogen and oxygen atoms in total. The molecule has 1 aliphatic heterocycles. The van der Waals surface area contributed by atoms with Crippen LogP contribution < -0.4 is 5.73 Å². The Bertz CT molecular complexity index is 309. The van der Waals surface area contributed by atoms with Gasteiger partial charge in [-0.05, 0) is 32.6 Å². The van der Waals surface area contributed by atoms with E-state index in [0.29, 0.717) is 32.2 Å². The van der Waals surface area contributed by atoms with E-state index < -0.39 is 0 Å². The van der Waals surface area contributed by atoms with E-state index in [1.807, 2.05) is 18.7 Å². The van der Waals surface area contributed by atoms with Gasteiger partial charge in [-0.25, -0.2) is 0 Å². The van der Waals surface area contributed by atoms with Crippen molar-refractivity contribution >= 4 is 5.91 Å². The Labute approximate surface area is 103 Å². The maximum atomic E-state index is 12.6. The maximum absolute atomic E-state index is 12.6. The third-order valence-corrected chi connectivity index (χ3v) is 4.04. The Kier molecular flexibility index (Phi) is 3.21. The fraction of sp³-hybridized carbons (Fsp3) is 0.923. The van der Waals surface area contributed by atoms with Crippen molar-refractivity contribution in [2.24, 2.45) is 17.1 Å². The summed E-state index contributed by atoms with van der Waals surface area (Å²) in [4.78, 5) is 14.5. The summed E-state index contributed by atoms with van der Waals surface area (Å²) in [5.41, 5.74) is 5.33. The number of hydrogen-bond acceptors (Lipinski definition) is 3. The Balaban J connectivity index is 2.04. The van der Waals surface area contributed by atoms with Crippen molar-refractivity contribution < 1.29 is 9.53 Å². The van der Waals surface area contributed by atoms with Gasteiger partial charge in [-0.1, -0.05) is 6.92 Å². The molecule has 98 valence electrons. The first-order valence-corrected chi connectivity index (χ1v) is 6.52. The predicted octanol–water partition coefficient (Wildman–Crippen LogP) is 0.999. The number of nitrogens with two attached hydrogens (primary N) is 1. The molecule has 1 amide bonds. The number of hydrogen-bond donors (Lipinski definition) is 1. The van der Waals surface area contributed by atoms with Crippen molar-refractivity contribution in [3.63, 3.8) is 0 Å². The van der Waals surface area contributed by atoms with Crippen molar-refractivity contribution in [2.45, 2.75) is 39.2 Å². The summed E-state index contributed by atoms with van der Waals surface area (Å²) in [6, 6.07) is 0. The molecule has 0 aromatic carbocycles. The van der Waals surface area contributed by atoms with Crippen LogP contribution in [-0.4, -0.2) is 42.6 Å². The molecule has 2 aliphatic rings. The van der Waals surface area contributed by atoms with Crippen molar-refractivity contribution in [1.29, 1.82) is 0 Å². The normalized spacial score (nSPS) is 36.5. The van der Waals surface area contributed by atoms with Crippen LogP contribution in [0.15, 0.2) is 0 Å². The Hall–Kier alpha value is -0.610. The zero-order chi connectivity index (χ0) is 12.7. The topological polar surface area (TPSA) is 55.6 Å². The second-order valence-electron chi connectivity index (χ2n) is 6.33. The monoisotopic (exact) mass is 240 g/mol. The third kappa shape index (κ3) is 2.33. The van der Waals surface area contributed by atoms with Gasteiger partial charge in [-0.15, -0.1) is 0 Å². The molecule has 1 saturated carbocycles. The number of morpholine rings is 1. The molecule has 1 heterocycles. The Morgan fingerprint density at radius 1 is 1.47 bits per heavy atom. The van der Waals surface area contributed by atoms with Gasteiger partial charge in [0.05, 0.1) is 17.6 Å². The molecule has 0 radical (unpaired) electrons. The maximum Gasteiger partial charge on any atom is 0.230 e. The van der Waals surface area contributed by atoms with Crippen molar-refractivity contribution in [2.75, 3.05) is 26.2 Å². The highest BCUT2D eigenvalue weighted by atomic mass is 16.5. The second kappa shape index (κ2) is 4.25. The Morgan fingerprint density at radius 2 is 2.12 bits per heavy atom. The second-order valence-corrected chi connectivity index (χ2v) is 6.33. The van der Waals surface area contributed by atoms with Crippen LogP contribution in [0.25, 0.3) is 0 Å². The number of carbonyl (C=O) groups excluding carboxylic acids is 1. The SMILES string of the molecule is CC1CC(CN)(C(=O)N2CCOC(C)(C)C2)C1. The molecule has 0 bridgehead atoms. The van der Waals surface area contributed by atoms with Crippen LogP contribution in [0, 0.1) is 11.3 Å². The van der Waals surface area contributed by atoms with E-state index >= 15 is 0 Å². The number of rotatable bonds is 2. The Morgan fingerprint density at radius 3 is 2.59 bits per heavy atom. The minimum atomic E-state index is -0.271. The molecular formula is C13H24N2O2. The number of nitrogens with zero attached hydrogens (tertiary/aromatic N) is 1. The standard InChI is InChI=1S/C13H24N2O2/c1-10-6-13(7-10,8-14)11(16)15-4-5-17-12(2,3)9-15/h10H,4-9,14H2,1-3H3. The highest BCUT2D eigenvalue weighted by Crippen LogP contribution is 2.46. The summed E-state index contributed by atoms with van der Waals surface area (Å²) in [6.45, 7) is 8.75. The van der Waals surface area contributed by atoms with E-state index in [9.17, 15) is 4.79 Å². The molecule has 1 saturated heterocycles. The van der Waals surface area contributed by atoms with Crippen LogP contribution in [0.5, 0.6) is 0 Å². The van der Waals surface area contributed by atoms with Gasteiger partial charge in [0.2, 0.25) is 5.91 Å². The summed E-state index contributed by atoms with van der Waals surface area (Å²) in [5, 5.41) is 0. The van der Waals surface area contributed by atoms with Gasteiger partial charge in [0.15, 0.2) is 0 Å². The van der Waals surface area contributed by atoms with Gasteiger partial charge in [-0.3, -0.25) is 4.79 Å². The van der Waals surface area contributed by atoms with Gasteiger partial charge >= 0.3 is 0 Å². The van der Waals surface area contributed by atoms with Crippen LogP contribution in [0.3, 0.4) is 0 Å². The quantitative estimate of drug-likeness (QED) is 0.783. The van der Waals surface area contributed by atoms with E-state index in [4.69, 9.17) is 10.5 Å². The fourth-order valence-corrected chi connectivity index (χ4v) is 3.23. The molecule has 2 fully saturated rings. The molecule has 0 spiro atoms. The summed E-state index contributed by atoms with van der Waals surface area (Å²) >= 11 is 0. The highest BCUT2D eigenvalue weighted by molar-refractivity contribution is 5.84. The molecular weight excluding hydrogens is 216 g/mol. The van der Waals surface area contributed by atoms with Crippen LogP contribution in [0.4, 0.5) is 0 Å². The van der Waals surface area contributed by atoms with Crippen LogP contribution in [0.2, 0.25) is 0 Å². The lowest BCUT2D eigenvalue weighted by molar-refractivity contribution is -0.163. The van der Waals surface area contributed by atoms with Crippen LogP contribution in [-0.2, 0) is 9.53 Å². The molecule has 0 unspecified atom stereocenters. The molecule has 17 heavy (non-hydrogen) atoms. The average molecular weight is 240 g/mol. The van der Waals surface area contributed by atoms with E-state index in [0.717, 1.165) is 12.8 Å². The van der Waals surface area contributed by atoms with Gasteiger partial charge in [0.25, 0.3) is 0 Å². The van der Waals surface area contributed by atoms with Crippen molar-refractivity contribution in [3.8, 4) is 0 Å². The molecule has 0 atom stereocenters. The van der Waals surface area contributed by atoms with Gasteiger partial charge in [0, 0.05) is 19.6 Å². The molecule has 1 aliphatic carbocycles. The van der Waals surface area contributed by atoms with E-state index in [1.165, 1.54) is 0 Å². The lowest BCUT2D eigenvalue weighted by Crippen LogP contribution is -2.59. The van der Waals surface area contributed by atoms with Crippen LogP contribution >= 0.6 is 0 Å². The van der Waals surface area contributed by atoms with Crippen molar-refractivity contribution in [3.05, 3.63) is 0 Å². The summed E-state index contributed by atoms with van der Waals surface area (Å²) in [6.07, 6.45) is 1.89. The van der Waals surface area contributed by atoms with Gasteiger partial charge in [-0.2, -0.15) is 0 Å². The highest BCUT2D eigenvalue weighted by Gasteiger charge is 2.49.